The fraction of sp³-hybridized carbons (Fsp3) is 0.400. The largest absolute Gasteiger partial charge is 0.313 e. The molecule has 1 N–H and O–H groups in total. The summed E-state index contributed by atoms with van der Waals surface area (Å²) in [4.78, 5) is 0. The van der Waals surface area contributed by atoms with Crippen molar-refractivity contribution in [2.24, 2.45) is 7.05 Å². The number of rotatable bonds is 5. The lowest BCUT2D eigenvalue weighted by Gasteiger charge is -2.18. The first-order chi connectivity index (χ1) is 9.97. The van der Waals surface area contributed by atoms with Gasteiger partial charge in [-0.2, -0.15) is 5.10 Å². The first-order valence-electron chi connectivity index (χ1n) is 6.80. The molecule has 1 heterocycles. The van der Waals surface area contributed by atoms with Gasteiger partial charge in [0.25, 0.3) is 0 Å². The average Bonchev–Trinajstić information content (AvgIpc) is 2.72. The van der Waals surface area contributed by atoms with E-state index in [1.54, 1.807) is 12.1 Å². The Hall–Kier alpha value is -0.910. The van der Waals surface area contributed by atoms with Crippen LogP contribution in [-0.2, 0) is 19.9 Å². The second kappa shape index (κ2) is 6.90. The summed E-state index contributed by atoms with van der Waals surface area (Å²) < 4.78 is 17.0. The lowest BCUT2D eigenvalue weighted by molar-refractivity contribution is 0.519. The van der Waals surface area contributed by atoms with Gasteiger partial charge >= 0.3 is 0 Å². The summed E-state index contributed by atoms with van der Waals surface area (Å²) in [6, 6.07) is 4.64. The van der Waals surface area contributed by atoms with Crippen LogP contribution in [-0.4, -0.2) is 16.8 Å². The van der Waals surface area contributed by atoms with E-state index in [1.807, 2.05) is 18.8 Å². The van der Waals surface area contributed by atoms with Crippen molar-refractivity contribution in [3.05, 3.63) is 50.5 Å². The second-order valence-corrected chi connectivity index (χ2v) is 6.13. The third kappa shape index (κ3) is 3.47. The van der Waals surface area contributed by atoms with Crippen LogP contribution in [0.4, 0.5) is 4.39 Å². The quantitative estimate of drug-likeness (QED) is 0.856. The maximum absolute atomic E-state index is 14.1. The predicted molar refractivity (Wildman–Crippen MR) is 87.2 cm³/mol. The van der Waals surface area contributed by atoms with Crippen LogP contribution in [0.3, 0.4) is 0 Å². The van der Waals surface area contributed by atoms with Gasteiger partial charge < -0.3 is 5.32 Å². The summed E-state index contributed by atoms with van der Waals surface area (Å²) in [6.45, 7) is 2.06. The van der Waals surface area contributed by atoms with E-state index in [4.69, 9.17) is 11.6 Å². The number of benzene rings is 1. The van der Waals surface area contributed by atoms with Crippen molar-refractivity contribution in [3.8, 4) is 0 Å². The molecule has 1 atom stereocenters. The van der Waals surface area contributed by atoms with Crippen LogP contribution in [0.25, 0.3) is 0 Å². The van der Waals surface area contributed by atoms with Crippen LogP contribution in [0.2, 0.25) is 5.02 Å². The summed E-state index contributed by atoms with van der Waals surface area (Å²) in [7, 11) is 3.73. The molecule has 0 aliphatic heterocycles. The van der Waals surface area contributed by atoms with Gasteiger partial charge in [0.15, 0.2) is 0 Å². The molecule has 0 aliphatic carbocycles. The molecule has 1 aromatic carbocycles. The van der Waals surface area contributed by atoms with Gasteiger partial charge in [0, 0.05) is 30.1 Å². The van der Waals surface area contributed by atoms with Crippen molar-refractivity contribution >= 4 is 27.5 Å². The molecule has 114 valence electrons. The van der Waals surface area contributed by atoms with Gasteiger partial charge in [0.2, 0.25) is 0 Å². The van der Waals surface area contributed by atoms with E-state index in [0.29, 0.717) is 17.0 Å². The van der Waals surface area contributed by atoms with Crippen LogP contribution in [0.1, 0.15) is 29.9 Å². The molecule has 0 bridgehead atoms. The van der Waals surface area contributed by atoms with E-state index < -0.39 is 0 Å². The Morgan fingerprint density at radius 2 is 2.19 bits per heavy atom. The molecule has 0 radical (unpaired) electrons. The molecule has 2 rings (SSSR count). The summed E-state index contributed by atoms with van der Waals surface area (Å²) in [5.74, 6) is -0.296. The fourth-order valence-corrected chi connectivity index (χ4v) is 3.32. The lowest BCUT2D eigenvalue weighted by atomic mass is 10.0. The fourth-order valence-electron chi connectivity index (χ4n) is 2.39. The first kappa shape index (κ1) is 16.5. The van der Waals surface area contributed by atoms with E-state index in [9.17, 15) is 4.39 Å². The number of nitrogens with zero attached hydrogens (tertiary/aromatic N) is 2. The molecule has 3 nitrogen and oxygen atoms in total. The zero-order valence-corrected chi connectivity index (χ0v) is 14.6. The van der Waals surface area contributed by atoms with Crippen molar-refractivity contribution in [1.29, 1.82) is 0 Å². The topological polar surface area (TPSA) is 29.9 Å². The molecule has 0 fully saturated rings. The van der Waals surface area contributed by atoms with Gasteiger partial charge in [-0.25, -0.2) is 4.39 Å². The van der Waals surface area contributed by atoms with Crippen LogP contribution in [0, 0.1) is 5.82 Å². The Balaban J connectivity index is 2.33. The van der Waals surface area contributed by atoms with Gasteiger partial charge in [-0.3, -0.25) is 4.68 Å². The maximum atomic E-state index is 14.1. The Morgan fingerprint density at radius 3 is 2.71 bits per heavy atom. The van der Waals surface area contributed by atoms with E-state index in [0.717, 1.165) is 22.3 Å². The summed E-state index contributed by atoms with van der Waals surface area (Å²) in [5, 5.41) is 8.04. The number of likely N-dealkylation sites (N-methyl/N-ethyl adjacent to an activating group) is 1. The molecular weight excluding hydrogens is 357 g/mol. The SMILES string of the molecule is CCc1nn(C)c(CC(NC)c2ccc(Cl)cc2F)c1Br. The molecule has 6 heteroatoms. The highest BCUT2D eigenvalue weighted by atomic mass is 79.9. The molecule has 0 saturated heterocycles. The molecule has 0 amide bonds. The number of hydrogen-bond acceptors (Lipinski definition) is 2. The minimum atomic E-state index is -0.296. The molecule has 0 saturated carbocycles. The number of halogens is 3. The second-order valence-electron chi connectivity index (χ2n) is 4.90. The van der Waals surface area contributed by atoms with E-state index in [2.05, 4.69) is 33.3 Å². The van der Waals surface area contributed by atoms with E-state index in [1.165, 1.54) is 6.07 Å². The zero-order chi connectivity index (χ0) is 15.6. The highest BCUT2D eigenvalue weighted by molar-refractivity contribution is 9.10. The molecular formula is C15H18BrClFN3. The van der Waals surface area contributed by atoms with Crippen LogP contribution < -0.4 is 5.32 Å². The zero-order valence-electron chi connectivity index (χ0n) is 12.3. The number of hydrogen-bond donors (Lipinski definition) is 1. The van der Waals surface area contributed by atoms with Crippen molar-refractivity contribution in [2.45, 2.75) is 25.8 Å². The molecule has 0 spiro atoms. The highest BCUT2D eigenvalue weighted by Gasteiger charge is 2.20. The predicted octanol–water partition coefficient (Wildman–Crippen LogP) is 4.04. The Kier molecular flexibility index (Phi) is 5.41. The number of aromatic nitrogens is 2. The Labute approximate surface area is 137 Å². The highest BCUT2D eigenvalue weighted by Crippen LogP contribution is 2.28. The van der Waals surface area contributed by atoms with E-state index >= 15 is 0 Å². The van der Waals surface area contributed by atoms with Gasteiger partial charge in [-0.15, -0.1) is 0 Å². The summed E-state index contributed by atoms with van der Waals surface area (Å²) >= 11 is 9.41. The molecule has 2 aromatic rings. The standard InChI is InChI=1S/C15H18BrClFN3/c1-4-12-15(16)14(21(3)20-12)8-13(19-2)10-6-5-9(17)7-11(10)18/h5-7,13,19H,4,8H2,1-3H3. The number of aryl methyl sites for hydroxylation is 2. The van der Waals surface area contributed by atoms with Gasteiger partial charge in [0.05, 0.1) is 15.9 Å². The van der Waals surface area contributed by atoms with Gasteiger partial charge in [-0.1, -0.05) is 24.6 Å². The van der Waals surface area contributed by atoms with Crippen molar-refractivity contribution in [2.75, 3.05) is 7.05 Å². The smallest absolute Gasteiger partial charge is 0.129 e. The lowest BCUT2D eigenvalue weighted by Crippen LogP contribution is -2.21. The maximum Gasteiger partial charge on any atom is 0.129 e. The third-order valence-electron chi connectivity index (χ3n) is 3.59. The Morgan fingerprint density at radius 1 is 1.48 bits per heavy atom. The average molecular weight is 375 g/mol. The molecule has 1 unspecified atom stereocenters. The van der Waals surface area contributed by atoms with Gasteiger partial charge in [0.1, 0.15) is 5.82 Å². The normalized spacial score (nSPS) is 12.7. The Bertz CT molecular complexity index is 642. The first-order valence-corrected chi connectivity index (χ1v) is 7.97. The number of nitrogens with one attached hydrogen (secondary N) is 1. The van der Waals surface area contributed by atoms with Gasteiger partial charge in [-0.05, 0) is 41.5 Å². The minimum Gasteiger partial charge on any atom is -0.313 e. The monoisotopic (exact) mass is 373 g/mol. The van der Waals surface area contributed by atoms with Crippen molar-refractivity contribution < 1.29 is 4.39 Å². The molecule has 1 aromatic heterocycles. The summed E-state index contributed by atoms with van der Waals surface area (Å²) in [6.07, 6.45) is 1.49. The summed E-state index contributed by atoms with van der Waals surface area (Å²) in [5.41, 5.74) is 2.66. The van der Waals surface area contributed by atoms with Crippen LogP contribution in [0.5, 0.6) is 0 Å². The minimum absolute atomic E-state index is 0.140. The van der Waals surface area contributed by atoms with Crippen molar-refractivity contribution in [1.82, 2.24) is 15.1 Å². The van der Waals surface area contributed by atoms with Crippen LogP contribution in [0.15, 0.2) is 22.7 Å². The third-order valence-corrected chi connectivity index (χ3v) is 4.74. The molecule has 21 heavy (non-hydrogen) atoms. The van der Waals surface area contributed by atoms with E-state index in [-0.39, 0.29) is 11.9 Å². The molecule has 0 aliphatic rings. The van der Waals surface area contributed by atoms with Crippen LogP contribution >= 0.6 is 27.5 Å². The van der Waals surface area contributed by atoms with Crippen molar-refractivity contribution in [3.63, 3.8) is 0 Å².